The third-order valence-corrected chi connectivity index (χ3v) is 7.91. The zero-order valence-corrected chi connectivity index (χ0v) is 24.8. The third kappa shape index (κ3) is 8.72. The van der Waals surface area contributed by atoms with Gasteiger partial charge in [0.2, 0.25) is 21.8 Å². The van der Waals surface area contributed by atoms with Crippen molar-refractivity contribution >= 4 is 39.1 Å². The van der Waals surface area contributed by atoms with E-state index in [2.05, 4.69) is 5.32 Å². The van der Waals surface area contributed by atoms with Crippen LogP contribution in [0.5, 0.6) is 5.75 Å². The highest BCUT2D eigenvalue weighted by Gasteiger charge is 2.33. The van der Waals surface area contributed by atoms with Crippen molar-refractivity contribution in [3.8, 4) is 5.75 Å². The first-order chi connectivity index (χ1) is 19.0. The number of benzene rings is 3. The summed E-state index contributed by atoms with van der Waals surface area (Å²) in [4.78, 5) is 29.2. The first kappa shape index (κ1) is 31.0. The second kappa shape index (κ2) is 14.2. The summed E-state index contributed by atoms with van der Waals surface area (Å²) in [6.07, 6.45) is 2.00. The second-order valence-corrected chi connectivity index (χ2v) is 12.0. The number of methoxy groups -OCH3 is 1. The van der Waals surface area contributed by atoms with Gasteiger partial charge in [-0.3, -0.25) is 13.9 Å². The first-order valence-electron chi connectivity index (χ1n) is 13.0. The molecule has 0 spiro atoms. The maximum atomic E-state index is 14.1. The summed E-state index contributed by atoms with van der Waals surface area (Å²) in [5.41, 5.74) is 1.85. The van der Waals surface area contributed by atoms with Gasteiger partial charge >= 0.3 is 0 Å². The molecule has 3 aromatic carbocycles. The lowest BCUT2D eigenvalue weighted by atomic mass is 10.0. The molecule has 0 aliphatic carbocycles. The summed E-state index contributed by atoms with van der Waals surface area (Å²) in [6.45, 7) is 3.41. The van der Waals surface area contributed by atoms with Crippen molar-refractivity contribution in [2.75, 3.05) is 24.2 Å². The number of amides is 2. The lowest BCUT2D eigenvalue weighted by Crippen LogP contribution is -2.54. The summed E-state index contributed by atoms with van der Waals surface area (Å²) in [5.74, 6) is -0.404. The van der Waals surface area contributed by atoms with Gasteiger partial charge in [-0.15, -0.1) is 0 Å². The summed E-state index contributed by atoms with van der Waals surface area (Å²) in [6, 6.07) is 21.9. The Morgan fingerprint density at radius 1 is 0.975 bits per heavy atom. The van der Waals surface area contributed by atoms with Crippen molar-refractivity contribution in [2.24, 2.45) is 0 Å². The van der Waals surface area contributed by atoms with E-state index in [-0.39, 0.29) is 30.6 Å². The molecule has 0 aliphatic rings. The number of hydrogen-bond donors (Lipinski definition) is 1. The lowest BCUT2D eigenvalue weighted by molar-refractivity contribution is -0.140. The van der Waals surface area contributed by atoms with Crippen molar-refractivity contribution in [3.63, 3.8) is 0 Å². The minimum Gasteiger partial charge on any atom is -0.497 e. The summed E-state index contributed by atoms with van der Waals surface area (Å²) in [7, 11) is -2.39. The van der Waals surface area contributed by atoms with Gasteiger partial charge in [0.1, 0.15) is 18.3 Å². The Kier molecular flexibility index (Phi) is 11.0. The summed E-state index contributed by atoms with van der Waals surface area (Å²) in [5, 5.41) is 3.49. The molecule has 0 bridgehead atoms. The molecule has 3 aromatic rings. The van der Waals surface area contributed by atoms with E-state index in [9.17, 15) is 18.0 Å². The Balaban J connectivity index is 2.06. The van der Waals surface area contributed by atoms with Crippen molar-refractivity contribution in [1.82, 2.24) is 10.2 Å². The van der Waals surface area contributed by atoms with Gasteiger partial charge in [0, 0.05) is 30.1 Å². The molecule has 0 saturated heterocycles. The van der Waals surface area contributed by atoms with Crippen LogP contribution in [0.2, 0.25) is 5.02 Å². The number of carbonyl (C=O) groups is 2. The molecule has 0 fully saturated rings. The van der Waals surface area contributed by atoms with Crippen LogP contribution in [0.1, 0.15) is 31.4 Å². The average molecular weight is 586 g/mol. The van der Waals surface area contributed by atoms with Crippen LogP contribution < -0.4 is 14.4 Å². The van der Waals surface area contributed by atoms with E-state index in [0.29, 0.717) is 22.8 Å². The molecule has 40 heavy (non-hydrogen) atoms. The SMILES string of the molecule is CC[C@H](C)NC(=O)[C@H](Cc1ccccc1)N(Cc1cccc(Cl)c1)C(=O)CN(c1cccc(OC)c1)S(C)(=O)=O. The van der Waals surface area contributed by atoms with Gasteiger partial charge in [0.25, 0.3) is 0 Å². The fourth-order valence-electron chi connectivity index (χ4n) is 4.21. The Labute approximate surface area is 241 Å². The molecule has 2 amide bonds. The van der Waals surface area contributed by atoms with Crippen molar-refractivity contribution < 1.29 is 22.7 Å². The topological polar surface area (TPSA) is 96.0 Å². The largest absolute Gasteiger partial charge is 0.497 e. The van der Waals surface area contributed by atoms with Crippen LogP contribution in [-0.4, -0.2) is 57.1 Å². The predicted molar refractivity (Wildman–Crippen MR) is 159 cm³/mol. The normalized spacial score (nSPS) is 12.7. The number of halogens is 1. The van der Waals surface area contributed by atoms with Gasteiger partial charge in [-0.25, -0.2) is 8.42 Å². The number of carbonyl (C=O) groups excluding carboxylic acids is 2. The molecule has 3 rings (SSSR count). The number of nitrogens with zero attached hydrogens (tertiary/aromatic N) is 2. The first-order valence-corrected chi connectivity index (χ1v) is 15.2. The van der Waals surface area contributed by atoms with Crippen LogP contribution in [0.3, 0.4) is 0 Å². The number of rotatable bonds is 13. The molecule has 0 heterocycles. The molecular weight excluding hydrogens is 550 g/mol. The smallest absolute Gasteiger partial charge is 0.244 e. The number of sulfonamides is 1. The minimum absolute atomic E-state index is 0.0561. The number of hydrogen-bond acceptors (Lipinski definition) is 5. The Bertz CT molecular complexity index is 1400. The van der Waals surface area contributed by atoms with Crippen LogP contribution in [0, 0.1) is 0 Å². The highest BCUT2D eigenvalue weighted by atomic mass is 35.5. The zero-order valence-electron chi connectivity index (χ0n) is 23.2. The molecule has 0 radical (unpaired) electrons. The van der Waals surface area contributed by atoms with Crippen LogP contribution >= 0.6 is 11.6 Å². The number of nitrogens with one attached hydrogen (secondary N) is 1. The summed E-state index contributed by atoms with van der Waals surface area (Å²) >= 11 is 6.24. The van der Waals surface area contributed by atoms with Gasteiger partial charge in [0.05, 0.1) is 19.1 Å². The minimum atomic E-state index is -3.87. The van der Waals surface area contributed by atoms with E-state index in [1.807, 2.05) is 50.2 Å². The average Bonchev–Trinajstić information content (AvgIpc) is 2.93. The highest BCUT2D eigenvalue weighted by Crippen LogP contribution is 2.24. The van der Waals surface area contributed by atoms with E-state index >= 15 is 0 Å². The van der Waals surface area contributed by atoms with Crippen molar-refractivity contribution in [2.45, 2.75) is 45.3 Å². The van der Waals surface area contributed by atoms with E-state index in [4.69, 9.17) is 16.3 Å². The molecule has 10 heteroatoms. The molecule has 214 valence electrons. The highest BCUT2D eigenvalue weighted by molar-refractivity contribution is 7.92. The Morgan fingerprint density at radius 2 is 1.65 bits per heavy atom. The van der Waals surface area contributed by atoms with Crippen LogP contribution in [-0.2, 0) is 32.6 Å². The quantitative estimate of drug-likeness (QED) is 0.314. The molecule has 2 atom stereocenters. The van der Waals surface area contributed by atoms with Gasteiger partial charge < -0.3 is 15.0 Å². The summed E-state index contributed by atoms with van der Waals surface area (Å²) < 4.78 is 32.1. The Morgan fingerprint density at radius 3 is 2.27 bits per heavy atom. The van der Waals surface area contributed by atoms with E-state index < -0.39 is 28.5 Å². The van der Waals surface area contributed by atoms with Crippen molar-refractivity contribution in [1.29, 1.82) is 0 Å². The number of anilines is 1. The van der Waals surface area contributed by atoms with Crippen molar-refractivity contribution in [3.05, 3.63) is 95.0 Å². The van der Waals surface area contributed by atoms with Gasteiger partial charge in [0.15, 0.2) is 0 Å². The second-order valence-electron chi connectivity index (χ2n) is 9.65. The standard InChI is InChI=1S/C30H36ClN3O5S/c1-5-22(2)32-30(36)28(18-23-11-7-6-8-12-23)33(20-24-13-9-14-25(31)17-24)29(35)21-34(40(4,37)38)26-15-10-16-27(19-26)39-3/h6-17,19,22,28H,5,18,20-21H2,1-4H3,(H,32,36)/t22-,28-/m0/s1. The van der Waals surface area contributed by atoms with Crippen LogP contribution in [0.4, 0.5) is 5.69 Å². The molecule has 0 aromatic heterocycles. The van der Waals surface area contributed by atoms with E-state index in [1.165, 1.54) is 12.0 Å². The lowest BCUT2D eigenvalue weighted by Gasteiger charge is -2.34. The monoisotopic (exact) mass is 585 g/mol. The van der Waals surface area contributed by atoms with Gasteiger partial charge in [-0.1, -0.05) is 67.1 Å². The molecule has 8 nitrogen and oxygen atoms in total. The van der Waals surface area contributed by atoms with E-state index in [1.54, 1.807) is 42.5 Å². The maximum absolute atomic E-state index is 14.1. The predicted octanol–water partition coefficient (Wildman–Crippen LogP) is 4.67. The Hall–Kier alpha value is -3.56. The third-order valence-electron chi connectivity index (χ3n) is 6.53. The van der Waals surface area contributed by atoms with E-state index in [0.717, 1.165) is 16.1 Å². The van der Waals surface area contributed by atoms with Gasteiger partial charge in [-0.2, -0.15) is 0 Å². The number of ether oxygens (including phenoxy) is 1. The van der Waals surface area contributed by atoms with Gasteiger partial charge in [-0.05, 0) is 48.7 Å². The zero-order chi connectivity index (χ0) is 29.3. The molecule has 0 unspecified atom stereocenters. The van der Waals surface area contributed by atoms with Crippen LogP contribution in [0.15, 0.2) is 78.9 Å². The molecule has 1 N–H and O–H groups in total. The van der Waals surface area contributed by atoms with Crippen LogP contribution in [0.25, 0.3) is 0 Å². The molecule has 0 aliphatic heterocycles. The fourth-order valence-corrected chi connectivity index (χ4v) is 5.26. The molecular formula is C30H36ClN3O5S. The maximum Gasteiger partial charge on any atom is 0.244 e. The molecule has 0 saturated carbocycles. The fraction of sp³-hybridized carbons (Fsp3) is 0.333.